The highest BCUT2D eigenvalue weighted by molar-refractivity contribution is 7.89. The van der Waals surface area contributed by atoms with Crippen molar-refractivity contribution in [2.45, 2.75) is 25.2 Å². The number of carbonyl (C=O) groups is 1. The highest BCUT2D eigenvalue weighted by atomic mass is 35.5. The monoisotopic (exact) mass is 335 g/mol. The van der Waals surface area contributed by atoms with Crippen LogP contribution in [-0.2, 0) is 14.8 Å². The first-order chi connectivity index (χ1) is 9.79. The number of carboxylic acid groups (broad SMARTS) is 1. The zero-order valence-corrected chi connectivity index (χ0v) is 13.4. The molecular weight excluding hydrogens is 318 g/mol. The number of ether oxygens (including phenoxy) is 1. The smallest absolute Gasteiger partial charge is 0.336 e. The van der Waals surface area contributed by atoms with Gasteiger partial charge in [0.2, 0.25) is 10.0 Å². The average Bonchev–Trinajstić information content (AvgIpc) is 2.40. The van der Waals surface area contributed by atoms with Gasteiger partial charge in [-0.3, -0.25) is 0 Å². The molecule has 2 N–H and O–H groups in total. The SMILES string of the molecule is CCOCCCNS(=O)(=O)c1cc(Cl)cc(C(=O)O)c1C. The van der Waals surface area contributed by atoms with Crippen molar-refractivity contribution in [3.8, 4) is 0 Å². The Balaban J connectivity index is 2.95. The molecule has 118 valence electrons. The summed E-state index contributed by atoms with van der Waals surface area (Å²) in [4.78, 5) is 11.0. The normalized spacial score (nSPS) is 11.6. The molecule has 0 unspecified atom stereocenters. The molecular formula is C13H18ClNO5S. The fourth-order valence-electron chi connectivity index (χ4n) is 1.76. The Morgan fingerprint density at radius 1 is 1.43 bits per heavy atom. The van der Waals surface area contributed by atoms with Crippen LogP contribution in [0, 0.1) is 6.92 Å². The Kier molecular flexibility index (Phi) is 6.60. The minimum absolute atomic E-state index is 0.0627. The molecule has 1 aromatic rings. The van der Waals surface area contributed by atoms with E-state index in [9.17, 15) is 13.2 Å². The molecule has 0 fully saturated rings. The van der Waals surface area contributed by atoms with Gasteiger partial charge in [-0.15, -0.1) is 0 Å². The van der Waals surface area contributed by atoms with Gasteiger partial charge in [-0.25, -0.2) is 17.9 Å². The standard InChI is InChI=1S/C13H18ClNO5S/c1-3-20-6-4-5-15-21(18,19)12-8-10(14)7-11(9(12)2)13(16)17/h7-8,15H,3-6H2,1-2H3,(H,16,17). The molecule has 0 aliphatic rings. The van der Waals surface area contributed by atoms with Crippen LogP contribution in [0.5, 0.6) is 0 Å². The van der Waals surface area contributed by atoms with Crippen LogP contribution in [0.3, 0.4) is 0 Å². The summed E-state index contributed by atoms with van der Waals surface area (Å²) in [6.45, 7) is 4.52. The van der Waals surface area contributed by atoms with Crippen LogP contribution in [-0.4, -0.2) is 39.3 Å². The first-order valence-electron chi connectivity index (χ1n) is 6.40. The van der Waals surface area contributed by atoms with Gasteiger partial charge in [0.15, 0.2) is 0 Å². The van der Waals surface area contributed by atoms with Crippen molar-refractivity contribution in [3.63, 3.8) is 0 Å². The minimum atomic E-state index is -3.81. The Morgan fingerprint density at radius 3 is 2.67 bits per heavy atom. The Bertz CT molecular complexity index is 615. The molecule has 1 rings (SSSR count). The highest BCUT2D eigenvalue weighted by Crippen LogP contribution is 2.24. The Hall–Kier alpha value is -1.15. The molecule has 0 heterocycles. The molecule has 0 spiro atoms. The molecule has 0 bridgehead atoms. The zero-order valence-electron chi connectivity index (χ0n) is 11.8. The summed E-state index contributed by atoms with van der Waals surface area (Å²) < 4.78 is 31.9. The largest absolute Gasteiger partial charge is 0.478 e. The Morgan fingerprint density at radius 2 is 2.10 bits per heavy atom. The fraction of sp³-hybridized carbons (Fsp3) is 0.462. The second-order valence-corrected chi connectivity index (χ2v) is 6.50. The van der Waals surface area contributed by atoms with Crippen molar-refractivity contribution in [2.75, 3.05) is 19.8 Å². The number of nitrogens with one attached hydrogen (secondary N) is 1. The van der Waals surface area contributed by atoms with Gasteiger partial charge in [-0.1, -0.05) is 11.6 Å². The summed E-state index contributed by atoms with van der Waals surface area (Å²) >= 11 is 5.80. The van der Waals surface area contributed by atoms with Crippen LogP contribution < -0.4 is 4.72 Å². The number of sulfonamides is 1. The molecule has 0 amide bonds. The van der Waals surface area contributed by atoms with Crippen LogP contribution in [0.4, 0.5) is 0 Å². The van der Waals surface area contributed by atoms with Crippen molar-refractivity contribution in [1.82, 2.24) is 4.72 Å². The van der Waals surface area contributed by atoms with E-state index < -0.39 is 16.0 Å². The molecule has 1 aromatic carbocycles. The number of benzene rings is 1. The molecule has 0 radical (unpaired) electrons. The van der Waals surface area contributed by atoms with Gasteiger partial charge in [0, 0.05) is 24.8 Å². The predicted molar refractivity (Wildman–Crippen MR) is 79.4 cm³/mol. The van der Waals surface area contributed by atoms with Crippen LogP contribution in [0.25, 0.3) is 0 Å². The number of hydrogen-bond donors (Lipinski definition) is 2. The minimum Gasteiger partial charge on any atom is -0.478 e. The van der Waals surface area contributed by atoms with E-state index in [1.54, 1.807) is 0 Å². The third kappa shape index (κ3) is 4.96. The van der Waals surface area contributed by atoms with E-state index in [1.807, 2.05) is 6.92 Å². The van der Waals surface area contributed by atoms with E-state index in [0.29, 0.717) is 19.6 Å². The van der Waals surface area contributed by atoms with Gasteiger partial charge < -0.3 is 9.84 Å². The third-order valence-corrected chi connectivity index (χ3v) is 4.61. The summed E-state index contributed by atoms with van der Waals surface area (Å²) in [6, 6.07) is 2.47. The summed E-state index contributed by atoms with van der Waals surface area (Å²) in [5.74, 6) is -1.22. The van der Waals surface area contributed by atoms with Crippen molar-refractivity contribution >= 4 is 27.6 Å². The average molecular weight is 336 g/mol. The van der Waals surface area contributed by atoms with E-state index in [1.165, 1.54) is 19.1 Å². The molecule has 0 aliphatic heterocycles. The number of rotatable bonds is 8. The lowest BCUT2D eigenvalue weighted by molar-refractivity contribution is 0.0696. The highest BCUT2D eigenvalue weighted by Gasteiger charge is 2.21. The van der Waals surface area contributed by atoms with Crippen LogP contribution in [0.2, 0.25) is 5.02 Å². The zero-order chi connectivity index (χ0) is 16.0. The van der Waals surface area contributed by atoms with Crippen molar-refractivity contribution in [2.24, 2.45) is 0 Å². The number of carboxylic acids is 1. The van der Waals surface area contributed by atoms with Gasteiger partial charge in [0.1, 0.15) is 0 Å². The van der Waals surface area contributed by atoms with E-state index >= 15 is 0 Å². The van der Waals surface area contributed by atoms with Gasteiger partial charge in [-0.05, 0) is 38.0 Å². The number of aromatic carboxylic acids is 1. The van der Waals surface area contributed by atoms with Crippen molar-refractivity contribution < 1.29 is 23.1 Å². The van der Waals surface area contributed by atoms with Crippen molar-refractivity contribution in [3.05, 3.63) is 28.3 Å². The molecule has 0 saturated carbocycles. The van der Waals surface area contributed by atoms with Crippen LogP contribution in [0.15, 0.2) is 17.0 Å². The maximum atomic E-state index is 12.2. The number of hydrogen-bond acceptors (Lipinski definition) is 4. The maximum Gasteiger partial charge on any atom is 0.336 e. The molecule has 0 aromatic heterocycles. The summed E-state index contributed by atoms with van der Waals surface area (Å²) in [5.41, 5.74) is 0.0291. The predicted octanol–water partition coefficient (Wildman–Crippen LogP) is 2.05. The summed E-state index contributed by atoms with van der Waals surface area (Å²) in [6.07, 6.45) is 0.526. The lowest BCUT2D eigenvalue weighted by Gasteiger charge is -2.12. The van der Waals surface area contributed by atoms with Gasteiger partial charge in [-0.2, -0.15) is 0 Å². The molecule has 0 atom stereocenters. The second kappa shape index (κ2) is 7.74. The topological polar surface area (TPSA) is 92.7 Å². The second-order valence-electron chi connectivity index (χ2n) is 4.33. The quantitative estimate of drug-likeness (QED) is 0.709. The van der Waals surface area contributed by atoms with Gasteiger partial charge >= 0.3 is 5.97 Å². The van der Waals surface area contributed by atoms with E-state index in [4.69, 9.17) is 21.4 Å². The van der Waals surface area contributed by atoms with Gasteiger partial charge in [0.25, 0.3) is 0 Å². The molecule has 0 aliphatic carbocycles. The molecule has 21 heavy (non-hydrogen) atoms. The van der Waals surface area contributed by atoms with E-state index in [0.717, 1.165) is 0 Å². The summed E-state index contributed by atoms with van der Waals surface area (Å²) in [7, 11) is -3.81. The first kappa shape index (κ1) is 17.9. The lowest BCUT2D eigenvalue weighted by atomic mass is 10.1. The molecule has 8 heteroatoms. The molecule has 0 saturated heterocycles. The van der Waals surface area contributed by atoms with Crippen LogP contribution in [0.1, 0.15) is 29.3 Å². The first-order valence-corrected chi connectivity index (χ1v) is 8.26. The lowest BCUT2D eigenvalue weighted by Crippen LogP contribution is -2.26. The van der Waals surface area contributed by atoms with Gasteiger partial charge in [0.05, 0.1) is 10.5 Å². The maximum absolute atomic E-state index is 12.2. The molecule has 6 nitrogen and oxygen atoms in total. The Labute approximate surface area is 129 Å². The number of halogens is 1. The summed E-state index contributed by atoms with van der Waals surface area (Å²) in [5, 5.41) is 9.13. The third-order valence-electron chi connectivity index (χ3n) is 2.81. The van der Waals surface area contributed by atoms with Crippen molar-refractivity contribution in [1.29, 1.82) is 0 Å². The van der Waals surface area contributed by atoms with E-state index in [-0.39, 0.29) is 27.6 Å². The fourth-order valence-corrected chi connectivity index (χ4v) is 3.40. The van der Waals surface area contributed by atoms with E-state index in [2.05, 4.69) is 4.72 Å². The van der Waals surface area contributed by atoms with Crippen LogP contribution >= 0.6 is 11.6 Å².